The second-order valence-electron chi connectivity index (χ2n) is 8.42. The van der Waals surface area contributed by atoms with Crippen LogP contribution in [0, 0.1) is 17.8 Å². The predicted molar refractivity (Wildman–Crippen MR) is 99.4 cm³/mol. The van der Waals surface area contributed by atoms with E-state index in [1.807, 2.05) is 18.2 Å². The van der Waals surface area contributed by atoms with Gasteiger partial charge >= 0.3 is 0 Å². The number of nitrogens with one attached hydrogen (secondary N) is 2. The Labute approximate surface area is 149 Å². The molecular formula is C20H29N3O2. The highest BCUT2D eigenvalue weighted by molar-refractivity contribution is 5.97. The molecule has 5 rings (SSSR count). The Kier molecular flexibility index (Phi) is 4.46. The molecule has 0 spiro atoms. The zero-order valence-electron chi connectivity index (χ0n) is 15.0. The quantitative estimate of drug-likeness (QED) is 0.742. The average Bonchev–Trinajstić information content (AvgIpc) is 2.55. The topological polar surface area (TPSA) is 76.4 Å². The van der Waals surface area contributed by atoms with Crippen molar-refractivity contribution in [2.24, 2.45) is 23.5 Å². The third kappa shape index (κ3) is 3.40. The molecule has 0 heterocycles. The van der Waals surface area contributed by atoms with E-state index < -0.39 is 6.04 Å². The number of para-hydroxylation sites is 2. The van der Waals surface area contributed by atoms with Gasteiger partial charge in [0.05, 0.1) is 18.0 Å². The first-order chi connectivity index (χ1) is 12.1. The lowest BCUT2D eigenvalue weighted by atomic mass is 9.53. The molecule has 136 valence electrons. The maximum absolute atomic E-state index is 12.3. The highest BCUT2D eigenvalue weighted by Crippen LogP contribution is 2.56. The van der Waals surface area contributed by atoms with E-state index in [2.05, 4.69) is 16.7 Å². The van der Waals surface area contributed by atoms with Crippen molar-refractivity contribution in [2.75, 3.05) is 24.4 Å². The highest BCUT2D eigenvalue weighted by Gasteiger charge is 2.51. The molecule has 4 aliphatic rings. The van der Waals surface area contributed by atoms with Gasteiger partial charge in [0, 0.05) is 12.6 Å². The summed E-state index contributed by atoms with van der Waals surface area (Å²) in [5, 5.41) is 6.82. The van der Waals surface area contributed by atoms with Gasteiger partial charge in [-0.25, -0.2) is 0 Å². The van der Waals surface area contributed by atoms with Crippen LogP contribution in [-0.2, 0) is 9.53 Å². The van der Waals surface area contributed by atoms with Crippen molar-refractivity contribution in [2.45, 2.75) is 50.1 Å². The summed E-state index contributed by atoms with van der Waals surface area (Å²) in [6.07, 6.45) is 8.07. The van der Waals surface area contributed by atoms with E-state index in [1.165, 1.54) is 38.5 Å². The van der Waals surface area contributed by atoms with Crippen molar-refractivity contribution in [1.29, 1.82) is 0 Å². The zero-order valence-corrected chi connectivity index (χ0v) is 15.0. The zero-order chi connectivity index (χ0) is 17.4. The third-order valence-corrected chi connectivity index (χ3v) is 6.31. The number of methoxy groups -OCH3 is 1. The van der Waals surface area contributed by atoms with E-state index in [0.717, 1.165) is 29.1 Å². The minimum absolute atomic E-state index is 0.207. The van der Waals surface area contributed by atoms with E-state index >= 15 is 0 Å². The van der Waals surface area contributed by atoms with Gasteiger partial charge < -0.3 is 21.1 Å². The Bertz CT molecular complexity index is 610. The monoisotopic (exact) mass is 343 g/mol. The van der Waals surface area contributed by atoms with Gasteiger partial charge in [-0.05, 0) is 68.4 Å². The third-order valence-electron chi connectivity index (χ3n) is 6.31. The maximum atomic E-state index is 12.3. The molecule has 0 radical (unpaired) electrons. The lowest BCUT2D eigenvalue weighted by molar-refractivity contribution is -0.118. The average molecular weight is 343 g/mol. The maximum Gasteiger partial charge on any atom is 0.243 e. The molecular weight excluding hydrogens is 314 g/mol. The van der Waals surface area contributed by atoms with Crippen LogP contribution in [0.4, 0.5) is 11.4 Å². The van der Waals surface area contributed by atoms with Crippen molar-refractivity contribution in [3.05, 3.63) is 24.3 Å². The molecule has 4 N–H and O–H groups in total. The van der Waals surface area contributed by atoms with Gasteiger partial charge in [-0.2, -0.15) is 0 Å². The fraction of sp³-hybridized carbons (Fsp3) is 0.650. The summed E-state index contributed by atoms with van der Waals surface area (Å²) < 4.78 is 4.98. The number of rotatable bonds is 6. The Morgan fingerprint density at radius 2 is 1.72 bits per heavy atom. The van der Waals surface area contributed by atoms with Crippen LogP contribution in [-0.4, -0.2) is 31.2 Å². The van der Waals surface area contributed by atoms with Gasteiger partial charge in [0.2, 0.25) is 5.91 Å². The van der Waals surface area contributed by atoms with Crippen molar-refractivity contribution >= 4 is 17.3 Å². The molecule has 25 heavy (non-hydrogen) atoms. The van der Waals surface area contributed by atoms with Gasteiger partial charge in [0.1, 0.15) is 6.04 Å². The van der Waals surface area contributed by atoms with Gasteiger partial charge in [-0.3, -0.25) is 4.79 Å². The van der Waals surface area contributed by atoms with Crippen LogP contribution in [0.5, 0.6) is 0 Å². The highest BCUT2D eigenvalue weighted by atomic mass is 16.5. The molecule has 0 aromatic heterocycles. The number of hydrogen-bond donors (Lipinski definition) is 3. The van der Waals surface area contributed by atoms with Crippen LogP contribution >= 0.6 is 0 Å². The second-order valence-corrected chi connectivity index (χ2v) is 8.42. The first kappa shape index (κ1) is 16.9. The molecule has 0 aliphatic heterocycles. The molecule has 1 aromatic carbocycles. The first-order valence-corrected chi connectivity index (χ1v) is 9.49. The molecule has 1 atom stereocenters. The van der Waals surface area contributed by atoms with Crippen LogP contribution in [0.2, 0.25) is 0 Å². The lowest BCUT2D eigenvalue weighted by Gasteiger charge is -2.57. The van der Waals surface area contributed by atoms with Gasteiger partial charge in [-0.15, -0.1) is 0 Å². The summed E-state index contributed by atoms with van der Waals surface area (Å²) in [5.41, 5.74) is 7.90. The Morgan fingerprint density at radius 3 is 2.28 bits per heavy atom. The SMILES string of the molecule is COCC(N)C(=O)Nc1ccccc1NC12CC3CC(CC(C3)C1)C2. The molecule has 4 bridgehead atoms. The van der Waals surface area contributed by atoms with Crippen molar-refractivity contribution < 1.29 is 9.53 Å². The first-order valence-electron chi connectivity index (χ1n) is 9.49. The van der Waals surface area contributed by atoms with E-state index in [4.69, 9.17) is 10.5 Å². The number of carbonyl (C=O) groups is 1. The summed E-state index contributed by atoms with van der Waals surface area (Å²) in [4.78, 5) is 12.3. The number of ether oxygens (including phenoxy) is 1. The summed E-state index contributed by atoms with van der Waals surface area (Å²) >= 11 is 0. The molecule has 5 nitrogen and oxygen atoms in total. The van der Waals surface area contributed by atoms with Crippen LogP contribution < -0.4 is 16.4 Å². The Balaban J connectivity index is 1.51. The second kappa shape index (κ2) is 6.61. The summed E-state index contributed by atoms with van der Waals surface area (Å²) in [6, 6.07) is 7.32. The molecule has 4 fully saturated rings. The van der Waals surface area contributed by atoms with Crippen molar-refractivity contribution in [1.82, 2.24) is 0 Å². The smallest absolute Gasteiger partial charge is 0.243 e. The summed E-state index contributed by atoms with van der Waals surface area (Å²) in [5.74, 6) is 2.45. The van der Waals surface area contributed by atoms with Crippen LogP contribution in [0.25, 0.3) is 0 Å². The fourth-order valence-corrected chi connectivity index (χ4v) is 5.73. The van der Waals surface area contributed by atoms with Crippen LogP contribution in [0.3, 0.4) is 0 Å². The van der Waals surface area contributed by atoms with E-state index in [1.54, 1.807) is 7.11 Å². The summed E-state index contributed by atoms with van der Waals surface area (Å²) in [7, 11) is 1.55. The molecule has 1 unspecified atom stereocenters. The molecule has 4 aliphatic carbocycles. The predicted octanol–water partition coefficient (Wildman–Crippen LogP) is 2.98. The van der Waals surface area contributed by atoms with E-state index in [0.29, 0.717) is 0 Å². The van der Waals surface area contributed by atoms with Crippen LogP contribution in [0.15, 0.2) is 24.3 Å². The number of hydrogen-bond acceptors (Lipinski definition) is 4. The standard InChI is InChI=1S/C20H29N3O2/c1-25-12-16(21)19(24)22-17-4-2-3-5-18(17)23-20-9-13-6-14(10-20)8-15(7-13)11-20/h2-5,13-16,23H,6-12,21H2,1H3,(H,22,24). The van der Waals surface area contributed by atoms with Crippen LogP contribution in [0.1, 0.15) is 38.5 Å². The Hall–Kier alpha value is -1.59. The Morgan fingerprint density at radius 1 is 1.16 bits per heavy atom. The number of benzene rings is 1. The van der Waals surface area contributed by atoms with Gasteiger partial charge in [0.15, 0.2) is 0 Å². The molecule has 1 aromatic rings. The lowest BCUT2D eigenvalue weighted by Crippen LogP contribution is -2.54. The molecule has 4 saturated carbocycles. The number of anilines is 2. The van der Waals surface area contributed by atoms with E-state index in [-0.39, 0.29) is 18.1 Å². The minimum Gasteiger partial charge on any atom is -0.383 e. The fourth-order valence-electron chi connectivity index (χ4n) is 5.73. The number of carbonyl (C=O) groups excluding carboxylic acids is 1. The van der Waals surface area contributed by atoms with E-state index in [9.17, 15) is 4.79 Å². The molecule has 5 heteroatoms. The van der Waals surface area contributed by atoms with Crippen molar-refractivity contribution in [3.8, 4) is 0 Å². The van der Waals surface area contributed by atoms with Gasteiger partial charge in [-0.1, -0.05) is 12.1 Å². The molecule has 1 amide bonds. The number of amides is 1. The number of nitrogens with two attached hydrogens (primary N) is 1. The summed E-state index contributed by atoms with van der Waals surface area (Å²) in [6.45, 7) is 0.219. The normalized spacial score (nSPS) is 33.9. The van der Waals surface area contributed by atoms with Crippen molar-refractivity contribution in [3.63, 3.8) is 0 Å². The molecule has 0 saturated heterocycles. The largest absolute Gasteiger partial charge is 0.383 e. The van der Waals surface area contributed by atoms with Gasteiger partial charge in [0.25, 0.3) is 0 Å². The minimum atomic E-state index is -0.655.